The average Bonchev–Trinajstić information content (AvgIpc) is 3.97. The fraction of sp³-hybridized carbons (Fsp3) is 0.528. The van der Waals surface area contributed by atoms with Crippen molar-refractivity contribution in [3.8, 4) is 10.6 Å². The average molecular weight is 726 g/mol. The number of aromatic nitrogens is 1. The molecule has 0 unspecified atom stereocenters. The topological polar surface area (TPSA) is 164 Å². The Morgan fingerprint density at radius 2 is 1.88 bits per heavy atom. The van der Waals surface area contributed by atoms with E-state index in [2.05, 4.69) is 33.5 Å². The van der Waals surface area contributed by atoms with E-state index in [4.69, 9.17) is 4.74 Å². The summed E-state index contributed by atoms with van der Waals surface area (Å²) in [7, 11) is -2.18. The molecule has 3 fully saturated rings. The zero-order chi connectivity index (χ0) is 36.2. The Morgan fingerprint density at radius 1 is 1.14 bits per heavy atom. The van der Waals surface area contributed by atoms with Crippen LogP contribution in [-0.2, 0) is 35.6 Å². The molecular weight excluding hydrogens is 679 g/mol. The molecule has 3 N–H and O–H groups in total. The number of hydrogen-bond acceptors (Lipinski definition) is 9. The number of aryl methyl sites for hydroxylation is 2. The van der Waals surface area contributed by atoms with E-state index in [0.29, 0.717) is 25.1 Å². The maximum Gasteiger partial charge on any atom is 0.411 e. The van der Waals surface area contributed by atoms with Gasteiger partial charge in [-0.3, -0.25) is 24.4 Å². The van der Waals surface area contributed by atoms with Gasteiger partial charge in [0.2, 0.25) is 21.8 Å². The monoisotopic (exact) mass is 725 g/mol. The number of rotatable bonds is 16. The minimum Gasteiger partial charge on any atom is -0.446 e. The highest BCUT2D eigenvalue weighted by Gasteiger charge is 2.62. The van der Waals surface area contributed by atoms with Crippen molar-refractivity contribution in [3.05, 3.63) is 60.1 Å². The summed E-state index contributed by atoms with van der Waals surface area (Å²) in [5, 5.41) is 5.79. The summed E-state index contributed by atoms with van der Waals surface area (Å²) in [6.07, 6.45) is 8.20. The van der Waals surface area contributed by atoms with Gasteiger partial charge in [0.25, 0.3) is 5.91 Å². The SMILES string of the molecule is C=CCCCCN(C)C(=O)[C@@H]1C[C@H](OC(=O)Nc2cc(C)ccc2-c2ncc(CC)s2)C[C@H]1C(=O)N[C@]1(C(=O)NS(=O)(=O)C2CC2)C[C@H]1C=C. The second-order valence-electron chi connectivity index (χ2n) is 13.6. The number of carbonyl (C=O) groups excluding carboxylic acids is 4. The molecule has 1 heterocycles. The largest absolute Gasteiger partial charge is 0.446 e. The number of ether oxygens (including phenoxy) is 1. The Kier molecular flexibility index (Phi) is 11.5. The van der Waals surface area contributed by atoms with Crippen LogP contribution in [0, 0.1) is 24.7 Å². The van der Waals surface area contributed by atoms with Crippen molar-refractivity contribution in [1.82, 2.24) is 19.9 Å². The smallest absolute Gasteiger partial charge is 0.411 e. The van der Waals surface area contributed by atoms with E-state index >= 15 is 0 Å². The second-order valence-corrected chi connectivity index (χ2v) is 16.7. The van der Waals surface area contributed by atoms with E-state index in [1.807, 2.05) is 44.3 Å². The molecule has 4 amide bonds. The first-order chi connectivity index (χ1) is 23.8. The van der Waals surface area contributed by atoms with Crippen molar-refractivity contribution in [3.63, 3.8) is 0 Å². The molecule has 0 radical (unpaired) electrons. The van der Waals surface area contributed by atoms with Gasteiger partial charge in [0.1, 0.15) is 16.7 Å². The number of hydrogen-bond donors (Lipinski definition) is 3. The van der Waals surface area contributed by atoms with Crippen LogP contribution in [0.4, 0.5) is 10.5 Å². The molecule has 12 nitrogen and oxygen atoms in total. The number of thiazole rings is 1. The third-order valence-corrected chi connectivity index (χ3v) is 12.8. The Balaban J connectivity index is 1.32. The lowest BCUT2D eigenvalue weighted by Crippen LogP contribution is -2.54. The number of unbranched alkanes of at least 4 members (excludes halogenated alkanes) is 2. The van der Waals surface area contributed by atoms with Crippen LogP contribution < -0.4 is 15.4 Å². The van der Waals surface area contributed by atoms with Gasteiger partial charge in [0, 0.05) is 36.1 Å². The minimum absolute atomic E-state index is 0.0454. The molecule has 0 bridgehead atoms. The van der Waals surface area contributed by atoms with E-state index < -0.39 is 62.6 Å². The number of nitrogens with zero attached hydrogens (tertiary/aromatic N) is 2. The summed E-state index contributed by atoms with van der Waals surface area (Å²) in [4.78, 5) is 61.7. The van der Waals surface area contributed by atoms with Gasteiger partial charge in [0.05, 0.1) is 22.8 Å². The van der Waals surface area contributed by atoms with Crippen molar-refractivity contribution >= 4 is 50.9 Å². The first-order valence-corrected chi connectivity index (χ1v) is 19.6. The van der Waals surface area contributed by atoms with Crippen LogP contribution in [0.15, 0.2) is 49.7 Å². The molecule has 0 spiro atoms. The lowest BCUT2D eigenvalue weighted by Gasteiger charge is -2.26. The van der Waals surface area contributed by atoms with Crippen LogP contribution in [0.1, 0.15) is 68.7 Å². The van der Waals surface area contributed by atoms with Crippen LogP contribution in [0.3, 0.4) is 0 Å². The number of benzene rings is 1. The summed E-state index contributed by atoms with van der Waals surface area (Å²) in [5.74, 6) is -3.88. The normalized spacial score (nSPS) is 24.1. The van der Waals surface area contributed by atoms with Crippen LogP contribution in [0.5, 0.6) is 0 Å². The van der Waals surface area contributed by atoms with Gasteiger partial charge in [-0.1, -0.05) is 25.1 Å². The molecule has 2 aromatic rings. The third-order valence-electron chi connectivity index (χ3n) is 9.77. The maximum absolute atomic E-state index is 14.0. The lowest BCUT2D eigenvalue weighted by molar-refractivity contribution is -0.140. The highest BCUT2D eigenvalue weighted by Crippen LogP contribution is 2.46. The van der Waals surface area contributed by atoms with Gasteiger partial charge >= 0.3 is 6.09 Å². The molecule has 14 heteroatoms. The maximum atomic E-state index is 14.0. The summed E-state index contributed by atoms with van der Waals surface area (Å²) in [5.41, 5.74) is 0.720. The fourth-order valence-electron chi connectivity index (χ4n) is 6.54. The summed E-state index contributed by atoms with van der Waals surface area (Å²) < 4.78 is 33.2. The summed E-state index contributed by atoms with van der Waals surface area (Å²) >= 11 is 1.54. The van der Waals surface area contributed by atoms with Gasteiger partial charge < -0.3 is 15.0 Å². The molecule has 5 rings (SSSR count). The summed E-state index contributed by atoms with van der Waals surface area (Å²) in [6, 6.07) is 5.67. The molecule has 50 heavy (non-hydrogen) atoms. The van der Waals surface area contributed by atoms with Gasteiger partial charge in [-0.05, 0) is 82.4 Å². The number of anilines is 1. The van der Waals surface area contributed by atoms with E-state index in [1.165, 1.54) is 6.08 Å². The predicted molar refractivity (Wildman–Crippen MR) is 193 cm³/mol. The standard InChI is InChI=1S/C36H47N5O7S2/c1-6-9-10-11-16-41(5)33(43)29-19-24(48-35(45)38-30-17-22(4)12-15-27(30)32-37-21-25(8-3)49-32)18-28(29)31(42)39-36(20-23(36)7-2)34(44)40-50(46,47)26-13-14-26/h6-7,12,15,17,21,23-24,26,28-29H,1-2,8-11,13-14,16,18-20H2,3-5H3,(H,38,45)(H,39,42)(H,40,44)/t23-,24-,28-,29-,36-/m1/s1. The van der Waals surface area contributed by atoms with Crippen LogP contribution in [-0.4, -0.2) is 72.6 Å². The molecule has 0 saturated heterocycles. The molecule has 3 aliphatic rings. The lowest BCUT2D eigenvalue weighted by atomic mass is 9.93. The molecule has 1 aromatic carbocycles. The van der Waals surface area contributed by atoms with E-state index in [1.54, 1.807) is 23.3 Å². The van der Waals surface area contributed by atoms with Gasteiger partial charge in [-0.15, -0.1) is 24.5 Å². The zero-order valence-corrected chi connectivity index (χ0v) is 30.5. The van der Waals surface area contributed by atoms with Gasteiger partial charge in [0.15, 0.2) is 0 Å². The van der Waals surface area contributed by atoms with Crippen molar-refractivity contribution in [1.29, 1.82) is 0 Å². The zero-order valence-electron chi connectivity index (χ0n) is 28.9. The quantitative estimate of drug-likeness (QED) is 0.159. The molecule has 3 aliphatic carbocycles. The van der Waals surface area contributed by atoms with Crippen LogP contribution >= 0.6 is 11.3 Å². The van der Waals surface area contributed by atoms with E-state index in [9.17, 15) is 27.6 Å². The van der Waals surface area contributed by atoms with Crippen LogP contribution in [0.2, 0.25) is 0 Å². The van der Waals surface area contributed by atoms with Crippen molar-refractivity contribution < 1.29 is 32.3 Å². The van der Waals surface area contributed by atoms with E-state index in [-0.39, 0.29) is 25.2 Å². The molecule has 0 aliphatic heterocycles. The fourth-order valence-corrected chi connectivity index (χ4v) is 8.80. The Morgan fingerprint density at radius 3 is 2.52 bits per heavy atom. The Hall–Kier alpha value is -4.04. The molecule has 3 saturated carbocycles. The Labute approximate surface area is 298 Å². The number of allylic oxidation sites excluding steroid dienone is 1. The number of carbonyl (C=O) groups is 4. The molecule has 270 valence electrons. The van der Waals surface area contributed by atoms with Crippen molar-refractivity contribution in [2.75, 3.05) is 18.9 Å². The van der Waals surface area contributed by atoms with Crippen molar-refractivity contribution in [2.24, 2.45) is 17.8 Å². The summed E-state index contributed by atoms with van der Waals surface area (Å²) in [6.45, 7) is 11.9. The van der Waals surface area contributed by atoms with Crippen molar-refractivity contribution in [2.45, 2.75) is 88.5 Å². The second kappa shape index (κ2) is 15.5. The molecule has 1 aromatic heterocycles. The molecule has 5 atom stereocenters. The third kappa shape index (κ3) is 8.45. The van der Waals surface area contributed by atoms with E-state index in [0.717, 1.165) is 46.7 Å². The highest BCUT2D eigenvalue weighted by atomic mass is 32.2. The first kappa shape index (κ1) is 37.2. The molecular formula is C36H47N5O7S2. The number of amides is 4. The minimum atomic E-state index is -3.86. The number of sulfonamides is 1. The predicted octanol–water partition coefficient (Wildman–Crippen LogP) is 5.11. The highest BCUT2D eigenvalue weighted by molar-refractivity contribution is 7.91. The first-order valence-electron chi connectivity index (χ1n) is 17.2. The van der Waals surface area contributed by atoms with Gasteiger partial charge in [-0.2, -0.15) is 0 Å². The Bertz CT molecular complexity index is 1750. The van der Waals surface area contributed by atoms with Crippen LogP contribution in [0.25, 0.3) is 10.6 Å². The van der Waals surface area contributed by atoms with Gasteiger partial charge in [-0.25, -0.2) is 18.2 Å². The number of nitrogens with one attached hydrogen (secondary N) is 3.